The SMILES string of the molecule is O=C1c2c(O)c(=O)ccn2N([C@@H]2c3ccccc3SCc3c2ccc(F)c3F)CN1C12CC(CO)(C1)C2. The molecule has 5 aliphatic rings. The molecule has 0 spiro atoms. The highest BCUT2D eigenvalue weighted by Gasteiger charge is 2.71. The molecule has 0 saturated heterocycles. The van der Waals surface area contributed by atoms with Crippen molar-refractivity contribution in [3.8, 4) is 5.75 Å². The lowest BCUT2D eigenvalue weighted by Gasteiger charge is -2.74. The minimum absolute atomic E-state index is 0.0488. The fraction of sp³-hybridized carbons (Fsp3) is 0.333. The number of carbonyl (C=O) groups is 1. The van der Waals surface area contributed by atoms with Gasteiger partial charge in [0.25, 0.3) is 5.91 Å². The number of fused-ring (bicyclic) bond motifs is 3. The first-order valence-corrected chi connectivity index (χ1v) is 13.1. The summed E-state index contributed by atoms with van der Waals surface area (Å²) >= 11 is 1.41. The molecular weight excluding hydrogens is 500 g/mol. The Morgan fingerprint density at radius 1 is 1.03 bits per heavy atom. The van der Waals surface area contributed by atoms with Gasteiger partial charge in [0, 0.05) is 46.0 Å². The second-order valence-electron chi connectivity index (χ2n) is 10.6. The molecule has 2 bridgehead atoms. The summed E-state index contributed by atoms with van der Waals surface area (Å²) in [5.41, 5.74) is 0.166. The number of aromatic nitrogens is 1. The number of hydrogen-bond donors (Lipinski definition) is 2. The molecule has 3 aromatic rings. The van der Waals surface area contributed by atoms with E-state index in [-0.39, 0.29) is 35.7 Å². The largest absolute Gasteiger partial charge is 0.502 e. The van der Waals surface area contributed by atoms with Gasteiger partial charge < -0.3 is 15.1 Å². The van der Waals surface area contributed by atoms with E-state index in [1.54, 1.807) is 11.0 Å². The highest BCUT2D eigenvalue weighted by molar-refractivity contribution is 7.98. The highest BCUT2D eigenvalue weighted by Crippen LogP contribution is 2.70. The van der Waals surface area contributed by atoms with Gasteiger partial charge in [0.2, 0.25) is 5.43 Å². The number of rotatable bonds is 3. The molecule has 3 aliphatic carbocycles. The van der Waals surface area contributed by atoms with E-state index in [9.17, 15) is 24.2 Å². The third kappa shape index (κ3) is 2.96. The summed E-state index contributed by atoms with van der Waals surface area (Å²) in [6.07, 6.45) is 3.37. The van der Waals surface area contributed by atoms with Crippen LogP contribution in [0.4, 0.5) is 8.78 Å². The van der Waals surface area contributed by atoms with E-state index in [2.05, 4.69) is 0 Å². The van der Waals surface area contributed by atoms with Crippen LogP contribution >= 0.6 is 11.8 Å². The Bertz CT molecular complexity index is 1540. The van der Waals surface area contributed by atoms with Crippen molar-refractivity contribution in [2.75, 3.05) is 18.3 Å². The molecule has 2 N–H and O–H groups in total. The van der Waals surface area contributed by atoms with E-state index in [1.165, 1.54) is 28.7 Å². The van der Waals surface area contributed by atoms with Crippen LogP contribution in [0.1, 0.15) is 52.5 Å². The number of aliphatic hydroxyl groups excluding tert-OH is 1. The van der Waals surface area contributed by atoms with E-state index in [1.807, 2.05) is 29.3 Å². The Hall–Kier alpha value is -3.37. The average molecular weight is 524 g/mol. The Morgan fingerprint density at radius 3 is 2.54 bits per heavy atom. The number of nitrogens with zero attached hydrogens (tertiary/aromatic N) is 3. The van der Waals surface area contributed by atoms with Crippen molar-refractivity contribution in [2.24, 2.45) is 5.41 Å². The third-order valence-electron chi connectivity index (χ3n) is 8.50. The molecule has 37 heavy (non-hydrogen) atoms. The minimum Gasteiger partial charge on any atom is -0.502 e. The molecule has 2 aliphatic heterocycles. The molecule has 3 heterocycles. The molecule has 1 atom stereocenters. The van der Waals surface area contributed by atoms with Gasteiger partial charge >= 0.3 is 0 Å². The number of aliphatic hydroxyl groups is 1. The lowest BCUT2D eigenvalue weighted by molar-refractivity contribution is -0.223. The molecule has 10 heteroatoms. The van der Waals surface area contributed by atoms with E-state index in [0.717, 1.165) is 16.5 Å². The average Bonchev–Trinajstić information content (AvgIpc) is 3.01. The molecule has 0 radical (unpaired) electrons. The predicted molar refractivity (Wildman–Crippen MR) is 132 cm³/mol. The molecule has 7 nitrogen and oxygen atoms in total. The van der Waals surface area contributed by atoms with Gasteiger partial charge in [-0.25, -0.2) is 8.78 Å². The molecule has 1 aromatic heterocycles. The number of pyridine rings is 1. The predicted octanol–water partition coefficient (Wildman–Crippen LogP) is 3.49. The fourth-order valence-corrected chi connectivity index (χ4v) is 7.90. The number of thioether (sulfide) groups is 1. The maximum absolute atomic E-state index is 15.1. The first-order valence-electron chi connectivity index (χ1n) is 12.1. The molecule has 0 unspecified atom stereocenters. The molecule has 2 aromatic carbocycles. The zero-order valence-electron chi connectivity index (χ0n) is 19.7. The highest BCUT2D eigenvalue weighted by atomic mass is 32.2. The molecular formula is C27H23F2N3O4S. The van der Waals surface area contributed by atoms with Crippen molar-refractivity contribution in [3.05, 3.63) is 92.9 Å². The van der Waals surface area contributed by atoms with Crippen LogP contribution in [0.25, 0.3) is 0 Å². The van der Waals surface area contributed by atoms with E-state index in [4.69, 9.17) is 0 Å². The Kier molecular flexibility index (Phi) is 4.67. The Balaban J connectivity index is 1.45. The first-order chi connectivity index (χ1) is 17.8. The minimum atomic E-state index is -0.927. The third-order valence-corrected chi connectivity index (χ3v) is 9.61. The van der Waals surface area contributed by atoms with Crippen LogP contribution in [0.3, 0.4) is 0 Å². The van der Waals surface area contributed by atoms with Gasteiger partial charge in [-0.3, -0.25) is 19.3 Å². The molecule has 3 saturated carbocycles. The smallest absolute Gasteiger partial charge is 0.278 e. The number of hydrogen-bond acceptors (Lipinski definition) is 6. The van der Waals surface area contributed by atoms with Crippen LogP contribution < -0.4 is 10.4 Å². The van der Waals surface area contributed by atoms with Gasteiger partial charge in [-0.2, -0.15) is 0 Å². The summed E-state index contributed by atoms with van der Waals surface area (Å²) in [4.78, 5) is 28.7. The van der Waals surface area contributed by atoms with Crippen molar-refractivity contribution in [2.45, 2.75) is 41.5 Å². The van der Waals surface area contributed by atoms with E-state index >= 15 is 4.39 Å². The van der Waals surface area contributed by atoms with Crippen molar-refractivity contribution >= 4 is 17.7 Å². The van der Waals surface area contributed by atoms with Crippen LogP contribution in [-0.2, 0) is 5.75 Å². The summed E-state index contributed by atoms with van der Waals surface area (Å²) < 4.78 is 30.9. The lowest BCUT2D eigenvalue weighted by Crippen LogP contribution is -2.79. The zero-order valence-corrected chi connectivity index (χ0v) is 20.5. The standard InChI is InChI=1S/C27H23F2N3O4S/c28-18-6-5-15-17(21(18)29)9-37-20-4-2-1-3-16(20)22(15)32-14-30(27-10-26(11-27,12-27)13-33)25(36)23-24(35)19(34)7-8-31(23)32/h1-8,22,33,35H,9-14H2/t22-,26?,27?/m0/s1. The molecule has 190 valence electrons. The van der Waals surface area contributed by atoms with Crippen molar-refractivity contribution < 1.29 is 23.8 Å². The number of carbonyl (C=O) groups excluding carboxylic acids is 1. The van der Waals surface area contributed by atoms with E-state index in [0.29, 0.717) is 24.8 Å². The van der Waals surface area contributed by atoms with Gasteiger partial charge in [-0.05, 0) is 42.5 Å². The van der Waals surface area contributed by atoms with Crippen LogP contribution in [0.5, 0.6) is 5.75 Å². The normalized spacial score (nSPS) is 27.4. The number of halogens is 2. The first kappa shape index (κ1) is 22.8. The number of amides is 1. The molecule has 1 amide bonds. The summed E-state index contributed by atoms with van der Waals surface area (Å²) in [5, 5.41) is 22.4. The van der Waals surface area contributed by atoms with Crippen LogP contribution in [-0.4, -0.2) is 44.5 Å². The molecule has 3 fully saturated rings. The summed E-state index contributed by atoms with van der Waals surface area (Å²) in [6.45, 7) is 0.158. The van der Waals surface area contributed by atoms with Gasteiger partial charge in [-0.1, -0.05) is 24.3 Å². The number of benzene rings is 2. The summed E-state index contributed by atoms with van der Waals surface area (Å²) in [7, 11) is 0. The van der Waals surface area contributed by atoms with Crippen LogP contribution in [0, 0.1) is 17.0 Å². The summed E-state index contributed by atoms with van der Waals surface area (Å²) in [6, 6.07) is 10.9. The van der Waals surface area contributed by atoms with Gasteiger partial charge in [0.15, 0.2) is 23.1 Å². The van der Waals surface area contributed by atoms with E-state index < -0.39 is 40.3 Å². The topological polar surface area (TPSA) is 86.0 Å². The van der Waals surface area contributed by atoms with Gasteiger partial charge in [0.05, 0.1) is 6.04 Å². The Morgan fingerprint density at radius 2 is 1.78 bits per heavy atom. The van der Waals surface area contributed by atoms with Crippen LogP contribution in [0.2, 0.25) is 0 Å². The second kappa shape index (κ2) is 7.58. The lowest BCUT2D eigenvalue weighted by atomic mass is 9.39. The summed E-state index contributed by atoms with van der Waals surface area (Å²) in [5.74, 6) is -2.70. The molecule has 8 rings (SSSR count). The maximum Gasteiger partial charge on any atom is 0.278 e. The van der Waals surface area contributed by atoms with Crippen molar-refractivity contribution in [3.63, 3.8) is 0 Å². The zero-order chi connectivity index (χ0) is 25.7. The Labute approximate surface area is 214 Å². The van der Waals surface area contributed by atoms with Gasteiger partial charge in [-0.15, -0.1) is 11.8 Å². The van der Waals surface area contributed by atoms with Crippen LogP contribution in [0.15, 0.2) is 58.4 Å². The van der Waals surface area contributed by atoms with Crippen molar-refractivity contribution in [1.29, 1.82) is 0 Å². The van der Waals surface area contributed by atoms with Gasteiger partial charge in [0.1, 0.15) is 6.67 Å². The fourth-order valence-electron chi connectivity index (χ4n) is 6.79. The number of aromatic hydroxyl groups is 1. The quantitative estimate of drug-likeness (QED) is 0.547. The van der Waals surface area contributed by atoms with Crippen molar-refractivity contribution in [1.82, 2.24) is 9.58 Å². The second-order valence-corrected chi connectivity index (χ2v) is 11.6. The maximum atomic E-state index is 15.1. The monoisotopic (exact) mass is 523 g/mol.